The van der Waals surface area contributed by atoms with E-state index in [1.54, 1.807) is 30.3 Å². The average molecular weight is 467 g/mol. The van der Waals surface area contributed by atoms with E-state index in [1.165, 1.54) is 11.0 Å². The van der Waals surface area contributed by atoms with Crippen molar-refractivity contribution < 1.29 is 26.4 Å². The Morgan fingerprint density at radius 2 is 1.58 bits per heavy atom. The van der Waals surface area contributed by atoms with Crippen molar-refractivity contribution in [3.63, 3.8) is 0 Å². The number of carbonyl (C=O) groups excluding carboxylic acids is 1. The van der Waals surface area contributed by atoms with E-state index >= 15 is 0 Å². The summed E-state index contributed by atoms with van der Waals surface area (Å²) in [5.74, 6) is -2.68. The summed E-state index contributed by atoms with van der Waals surface area (Å²) in [4.78, 5) is 14.8. The van der Waals surface area contributed by atoms with Gasteiger partial charge in [-0.05, 0) is 30.3 Å². The van der Waals surface area contributed by atoms with Gasteiger partial charge in [-0.15, -0.1) is 11.3 Å². The standard InChI is InChI=1S/C21H17F3N2O3S2/c22-14-5-8-20(17(24)13-14)31(28,29)26-11-9-25(10-12-26)21(27)19-7-6-18(30-19)15-3-1-2-4-16(15)23/h1-8,13H,9-12H2. The molecule has 2 heterocycles. The van der Waals surface area contributed by atoms with Crippen LogP contribution in [0.4, 0.5) is 13.2 Å². The van der Waals surface area contributed by atoms with E-state index in [2.05, 4.69) is 0 Å². The quantitative estimate of drug-likeness (QED) is 0.585. The first-order valence-corrected chi connectivity index (χ1v) is 11.6. The molecule has 1 aromatic heterocycles. The van der Waals surface area contributed by atoms with Crippen LogP contribution in [-0.2, 0) is 10.0 Å². The minimum atomic E-state index is -4.15. The van der Waals surface area contributed by atoms with Gasteiger partial charge in [-0.2, -0.15) is 4.31 Å². The smallest absolute Gasteiger partial charge is 0.264 e. The average Bonchev–Trinajstić information content (AvgIpc) is 3.23. The molecule has 4 rings (SSSR count). The molecule has 5 nitrogen and oxygen atoms in total. The number of benzene rings is 2. The SMILES string of the molecule is O=C(c1ccc(-c2ccccc2F)s1)N1CCN(S(=O)(=O)c2ccc(F)cc2F)CC1. The van der Waals surface area contributed by atoms with Crippen molar-refractivity contribution in [3.05, 3.63) is 76.9 Å². The van der Waals surface area contributed by atoms with E-state index in [9.17, 15) is 26.4 Å². The third kappa shape index (κ3) is 4.23. The van der Waals surface area contributed by atoms with Gasteiger partial charge >= 0.3 is 0 Å². The lowest BCUT2D eigenvalue weighted by Crippen LogP contribution is -2.50. The highest BCUT2D eigenvalue weighted by Crippen LogP contribution is 2.31. The molecule has 0 saturated carbocycles. The maximum Gasteiger partial charge on any atom is 0.264 e. The fraction of sp³-hybridized carbons (Fsp3) is 0.190. The zero-order valence-corrected chi connectivity index (χ0v) is 17.7. The lowest BCUT2D eigenvalue weighted by molar-refractivity contribution is 0.0702. The lowest BCUT2D eigenvalue weighted by Gasteiger charge is -2.33. The number of sulfonamides is 1. The van der Waals surface area contributed by atoms with Crippen LogP contribution in [0.2, 0.25) is 0 Å². The molecule has 3 aromatic rings. The largest absolute Gasteiger partial charge is 0.335 e. The van der Waals surface area contributed by atoms with E-state index < -0.39 is 26.6 Å². The molecule has 162 valence electrons. The number of carbonyl (C=O) groups is 1. The molecule has 1 fully saturated rings. The van der Waals surface area contributed by atoms with Gasteiger partial charge in [-0.1, -0.05) is 18.2 Å². The summed E-state index contributed by atoms with van der Waals surface area (Å²) in [5.41, 5.74) is 0.406. The molecular weight excluding hydrogens is 449 g/mol. The zero-order chi connectivity index (χ0) is 22.2. The van der Waals surface area contributed by atoms with Crippen LogP contribution in [0.3, 0.4) is 0 Å². The number of piperazine rings is 1. The van der Waals surface area contributed by atoms with E-state index in [4.69, 9.17) is 0 Å². The molecule has 0 aliphatic carbocycles. The molecule has 0 unspecified atom stereocenters. The molecule has 0 spiro atoms. The van der Waals surface area contributed by atoms with Gasteiger partial charge in [0.15, 0.2) is 0 Å². The normalized spacial score (nSPS) is 15.3. The zero-order valence-electron chi connectivity index (χ0n) is 16.1. The van der Waals surface area contributed by atoms with Crippen molar-refractivity contribution in [1.82, 2.24) is 9.21 Å². The molecule has 2 aromatic carbocycles. The fourth-order valence-corrected chi connectivity index (χ4v) is 5.84. The summed E-state index contributed by atoms with van der Waals surface area (Å²) in [6, 6.07) is 11.9. The van der Waals surface area contributed by atoms with Crippen LogP contribution in [-0.4, -0.2) is 49.7 Å². The van der Waals surface area contributed by atoms with Gasteiger partial charge in [-0.25, -0.2) is 21.6 Å². The highest BCUT2D eigenvalue weighted by Gasteiger charge is 2.32. The number of halogens is 3. The predicted octanol–water partition coefficient (Wildman–Crippen LogP) is 3.98. The van der Waals surface area contributed by atoms with Crippen LogP contribution in [0.1, 0.15) is 9.67 Å². The van der Waals surface area contributed by atoms with Gasteiger partial charge in [0.2, 0.25) is 10.0 Å². The second-order valence-corrected chi connectivity index (χ2v) is 9.90. The third-order valence-corrected chi connectivity index (χ3v) is 8.03. The minimum absolute atomic E-state index is 0.0174. The van der Waals surface area contributed by atoms with E-state index in [0.717, 1.165) is 27.8 Å². The van der Waals surface area contributed by atoms with Gasteiger partial charge in [0, 0.05) is 42.7 Å². The van der Waals surface area contributed by atoms with E-state index in [1.807, 2.05) is 0 Å². The van der Waals surface area contributed by atoms with Crippen LogP contribution in [0, 0.1) is 17.5 Å². The Bertz CT molecular complexity index is 1240. The minimum Gasteiger partial charge on any atom is -0.335 e. The van der Waals surface area contributed by atoms with Gasteiger partial charge in [0.1, 0.15) is 22.3 Å². The predicted molar refractivity (Wildman–Crippen MR) is 111 cm³/mol. The first-order valence-electron chi connectivity index (χ1n) is 9.36. The molecule has 1 saturated heterocycles. The maximum atomic E-state index is 14.0. The van der Waals surface area contributed by atoms with Crippen molar-refractivity contribution in [3.8, 4) is 10.4 Å². The first-order chi connectivity index (χ1) is 14.8. The van der Waals surface area contributed by atoms with Crippen molar-refractivity contribution in [2.24, 2.45) is 0 Å². The molecule has 1 aliphatic heterocycles. The summed E-state index contributed by atoms with van der Waals surface area (Å²) >= 11 is 1.16. The third-order valence-electron chi connectivity index (χ3n) is 4.99. The molecule has 1 amide bonds. The fourth-order valence-electron chi connectivity index (χ4n) is 3.37. The monoisotopic (exact) mass is 466 g/mol. The van der Waals surface area contributed by atoms with Gasteiger partial charge < -0.3 is 4.90 Å². The van der Waals surface area contributed by atoms with Crippen LogP contribution in [0.5, 0.6) is 0 Å². The Morgan fingerprint density at radius 3 is 2.26 bits per heavy atom. The topological polar surface area (TPSA) is 57.7 Å². The Kier molecular flexibility index (Phi) is 5.87. The molecule has 0 radical (unpaired) electrons. The molecule has 0 atom stereocenters. The summed E-state index contributed by atoms with van der Waals surface area (Å²) in [6.45, 7) is 0.203. The molecule has 1 aliphatic rings. The highest BCUT2D eigenvalue weighted by atomic mass is 32.2. The Hall–Kier alpha value is -2.69. The second-order valence-electron chi connectivity index (χ2n) is 6.91. The van der Waals surface area contributed by atoms with Gasteiger partial charge in [-0.3, -0.25) is 4.79 Å². The van der Waals surface area contributed by atoms with Crippen LogP contribution < -0.4 is 0 Å². The van der Waals surface area contributed by atoms with E-state index in [-0.39, 0.29) is 37.9 Å². The number of hydrogen-bond donors (Lipinski definition) is 0. The number of hydrogen-bond acceptors (Lipinski definition) is 4. The number of nitrogens with zero attached hydrogens (tertiary/aromatic N) is 2. The molecule has 0 bridgehead atoms. The number of thiophene rings is 1. The number of rotatable bonds is 4. The second kappa shape index (κ2) is 8.45. The Labute approximate surface area is 181 Å². The molecular formula is C21H17F3N2O3S2. The number of amides is 1. The van der Waals surface area contributed by atoms with Crippen molar-refractivity contribution >= 4 is 27.3 Å². The van der Waals surface area contributed by atoms with Crippen molar-refractivity contribution in [2.45, 2.75) is 4.90 Å². The summed E-state index contributed by atoms with van der Waals surface area (Å²) in [6.07, 6.45) is 0. The van der Waals surface area contributed by atoms with Crippen LogP contribution in [0.15, 0.2) is 59.5 Å². The van der Waals surface area contributed by atoms with Crippen LogP contribution >= 0.6 is 11.3 Å². The van der Waals surface area contributed by atoms with Crippen molar-refractivity contribution in [1.29, 1.82) is 0 Å². The molecule has 0 N–H and O–H groups in total. The van der Waals surface area contributed by atoms with E-state index in [0.29, 0.717) is 21.4 Å². The Morgan fingerprint density at radius 1 is 0.871 bits per heavy atom. The molecule has 10 heteroatoms. The van der Waals surface area contributed by atoms with Gasteiger partial charge in [0.05, 0.1) is 4.88 Å². The lowest BCUT2D eigenvalue weighted by atomic mass is 10.2. The first kappa shape index (κ1) is 21.5. The highest BCUT2D eigenvalue weighted by molar-refractivity contribution is 7.89. The van der Waals surface area contributed by atoms with Gasteiger partial charge in [0.25, 0.3) is 5.91 Å². The summed E-state index contributed by atoms with van der Waals surface area (Å²) < 4.78 is 67.5. The molecule has 31 heavy (non-hydrogen) atoms. The van der Waals surface area contributed by atoms with Crippen LogP contribution in [0.25, 0.3) is 10.4 Å². The maximum absolute atomic E-state index is 14.0. The Balaban J connectivity index is 1.45. The summed E-state index contributed by atoms with van der Waals surface area (Å²) in [7, 11) is -4.15. The summed E-state index contributed by atoms with van der Waals surface area (Å²) in [5, 5.41) is 0. The van der Waals surface area contributed by atoms with Crippen molar-refractivity contribution in [2.75, 3.05) is 26.2 Å².